The number of benzene rings is 1. The van der Waals surface area contributed by atoms with E-state index in [1.807, 2.05) is 25.3 Å². The SMILES string of the molecule is CCCNC(Cc1ccc(F)cc1)c1cnc(C)cn1. The van der Waals surface area contributed by atoms with Gasteiger partial charge in [0, 0.05) is 6.20 Å². The van der Waals surface area contributed by atoms with Crippen molar-refractivity contribution in [2.45, 2.75) is 32.7 Å². The molecule has 2 rings (SSSR count). The number of nitrogens with one attached hydrogen (secondary N) is 1. The summed E-state index contributed by atoms with van der Waals surface area (Å²) in [6.45, 7) is 4.97. The zero-order valence-corrected chi connectivity index (χ0v) is 11.9. The third-order valence-electron chi connectivity index (χ3n) is 3.15. The molecule has 0 bridgehead atoms. The van der Waals surface area contributed by atoms with Crippen molar-refractivity contribution in [2.75, 3.05) is 6.54 Å². The van der Waals surface area contributed by atoms with Gasteiger partial charge in [0.25, 0.3) is 0 Å². The van der Waals surface area contributed by atoms with E-state index in [9.17, 15) is 4.39 Å². The first-order valence-electron chi connectivity index (χ1n) is 6.95. The molecule has 0 aliphatic heterocycles. The van der Waals surface area contributed by atoms with Crippen molar-refractivity contribution in [3.8, 4) is 0 Å². The molecule has 0 saturated carbocycles. The van der Waals surface area contributed by atoms with Gasteiger partial charge in [-0.3, -0.25) is 9.97 Å². The Bertz CT molecular complexity index is 522. The molecule has 20 heavy (non-hydrogen) atoms. The minimum Gasteiger partial charge on any atom is -0.308 e. The molecule has 1 unspecified atom stereocenters. The quantitative estimate of drug-likeness (QED) is 0.878. The Labute approximate surface area is 119 Å². The predicted octanol–water partition coefficient (Wildman–Crippen LogP) is 3.21. The third kappa shape index (κ3) is 4.10. The summed E-state index contributed by atoms with van der Waals surface area (Å²) < 4.78 is 13.0. The lowest BCUT2D eigenvalue weighted by Crippen LogP contribution is -2.25. The summed E-state index contributed by atoms with van der Waals surface area (Å²) in [5.74, 6) is -0.207. The van der Waals surface area contributed by atoms with Gasteiger partial charge in [-0.05, 0) is 44.0 Å². The smallest absolute Gasteiger partial charge is 0.123 e. The van der Waals surface area contributed by atoms with Crippen LogP contribution in [0.2, 0.25) is 0 Å². The molecule has 1 atom stereocenters. The molecular weight excluding hydrogens is 253 g/mol. The van der Waals surface area contributed by atoms with Crippen molar-refractivity contribution in [1.82, 2.24) is 15.3 Å². The van der Waals surface area contributed by atoms with E-state index in [4.69, 9.17) is 0 Å². The Morgan fingerprint density at radius 2 is 1.90 bits per heavy atom. The standard InChI is InChI=1S/C16H20FN3/c1-3-8-18-15(16-11-19-12(2)10-20-16)9-13-4-6-14(17)7-5-13/h4-7,10-11,15,18H,3,8-9H2,1-2H3. The minimum atomic E-state index is -0.207. The van der Waals surface area contributed by atoms with Crippen molar-refractivity contribution in [3.63, 3.8) is 0 Å². The van der Waals surface area contributed by atoms with Gasteiger partial charge in [0.1, 0.15) is 5.82 Å². The number of aromatic nitrogens is 2. The van der Waals surface area contributed by atoms with E-state index in [1.54, 1.807) is 6.20 Å². The number of halogens is 1. The fourth-order valence-electron chi connectivity index (χ4n) is 2.04. The van der Waals surface area contributed by atoms with Gasteiger partial charge < -0.3 is 5.32 Å². The number of hydrogen-bond acceptors (Lipinski definition) is 3. The van der Waals surface area contributed by atoms with Gasteiger partial charge in [-0.1, -0.05) is 19.1 Å². The highest BCUT2D eigenvalue weighted by Crippen LogP contribution is 2.16. The molecule has 2 aromatic rings. The molecule has 0 aliphatic rings. The predicted molar refractivity (Wildman–Crippen MR) is 77.9 cm³/mol. The lowest BCUT2D eigenvalue weighted by Gasteiger charge is -2.18. The summed E-state index contributed by atoms with van der Waals surface area (Å²) in [7, 11) is 0. The van der Waals surface area contributed by atoms with Crippen LogP contribution in [0, 0.1) is 12.7 Å². The Morgan fingerprint density at radius 1 is 1.15 bits per heavy atom. The maximum absolute atomic E-state index is 13.0. The molecule has 0 radical (unpaired) electrons. The van der Waals surface area contributed by atoms with Crippen LogP contribution in [0.25, 0.3) is 0 Å². The van der Waals surface area contributed by atoms with Gasteiger partial charge in [-0.2, -0.15) is 0 Å². The van der Waals surface area contributed by atoms with Gasteiger partial charge in [0.2, 0.25) is 0 Å². The Balaban J connectivity index is 2.14. The van der Waals surface area contributed by atoms with E-state index in [1.165, 1.54) is 12.1 Å². The summed E-state index contributed by atoms with van der Waals surface area (Å²) in [5, 5.41) is 3.47. The average Bonchev–Trinajstić information content (AvgIpc) is 2.46. The summed E-state index contributed by atoms with van der Waals surface area (Å²) >= 11 is 0. The molecule has 0 aliphatic carbocycles. The van der Waals surface area contributed by atoms with Crippen molar-refractivity contribution >= 4 is 0 Å². The number of nitrogens with zero attached hydrogens (tertiary/aromatic N) is 2. The van der Waals surface area contributed by atoms with Crippen LogP contribution in [0.15, 0.2) is 36.7 Å². The van der Waals surface area contributed by atoms with E-state index < -0.39 is 0 Å². The van der Waals surface area contributed by atoms with Crippen molar-refractivity contribution < 1.29 is 4.39 Å². The van der Waals surface area contributed by atoms with Crippen LogP contribution < -0.4 is 5.32 Å². The van der Waals surface area contributed by atoms with Crippen LogP contribution in [-0.4, -0.2) is 16.5 Å². The first-order chi connectivity index (χ1) is 9.69. The number of hydrogen-bond donors (Lipinski definition) is 1. The lowest BCUT2D eigenvalue weighted by molar-refractivity contribution is 0.515. The van der Waals surface area contributed by atoms with E-state index in [0.29, 0.717) is 0 Å². The first kappa shape index (κ1) is 14.6. The summed E-state index contributed by atoms with van der Waals surface area (Å²) in [5.41, 5.74) is 2.92. The fraction of sp³-hybridized carbons (Fsp3) is 0.375. The second-order valence-corrected chi connectivity index (χ2v) is 4.92. The maximum Gasteiger partial charge on any atom is 0.123 e. The fourth-order valence-corrected chi connectivity index (χ4v) is 2.04. The molecule has 0 saturated heterocycles. The Hall–Kier alpha value is -1.81. The first-order valence-corrected chi connectivity index (χ1v) is 6.95. The molecule has 0 fully saturated rings. The number of aryl methyl sites for hydroxylation is 1. The second-order valence-electron chi connectivity index (χ2n) is 4.92. The van der Waals surface area contributed by atoms with Crippen molar-refractivity contribution in [2.24, 2.45) is 0 Å². The summed E-state index contributed by atoms with van der Waals surface area (Å²) in [6, 6.07) is 6.73. The Kier molecular flexibility index (Phi) is 5.18. The van der Waals surface area contributed by atoms with Crippen LogP contribution in [0.4, 0.5) is 4.39 Å². The summed E-state index contributed by atoms with van der Waals surface area (Å²) in [6.07, 6.45) is 5.42. The largest absolute Gasteiger partial charge is 0.308 e. The van der Waals surface area contributed by atoms with Crippen LogP contribution in [-0.2, 0) is 6.42 Å². The molecular formula is C16H20FN3. The van der Waals surface area contributed by atoms with Gasteiger partial charge in [-0.15, -0.1) is 0 Å². The highest BCUT2D eigenvalue weighted by atomic mass is 19.1. The van der Waals surface area contributed by atoms with Crippen LogP contribution in [0.5, 0.6) is 0 Å². The molecule has 0 spiro atoms. The highest BCUT2D eigenvalue weighted by Gasteiger charge is 2.13. The molecule has 1 aromatic carbocycles. The lowest BCUT2D eigenvalue weighted by atomic mass is 10.0. The number of rotatable bonds is 6. The average molecular weight is 273 g/mol. The zero-order chi connectivity index (χ0) is 14.4. The van der Waals surface area contributed by atoms with Gasteiger partial charge >= 0.3 is 0 Å². The van der Waals surface area contributed by atoms with E-state index in [2.05, 4.69) is 22.2 Å². The van der Waals surface area contributed by atoms with Gasteiger partial charge in [0.05, 0.1) is 23.6 Å². The van der Waals surface area contributed by atoms with Gasteiger partial charge in [-0.25, -0.2) is 4.39 Å². The van der Waals surface area contributed by atoms with E-state index in [-0.39, 0.29) is 11.9 Å². The zero-order valence-electron chi connectivity index (χ0n) is 11.9. The Morgan fingerprint density at radius 3 is 2.50 bits per heavy atom. The third-order valence-corrected chi connectivity index (χ3v) is 3.15. The van der Waals surface area contributed by atoms with Gasteiger partial charge in [0.15, 0.2) is 0 Å². The summed E-state index contributed by atoms with van der Waals surface area (Å²) in [4.78, 5) is 8.75. The molecule has 1 aromatic heterocycles. The van der Waals surface area contributed by atoms with Crippen LogP contribution in [0.3, 0.4) is 0 Å². The van der Waals surface area contributed by atoms with Crippen LogP contribution >= 0.6 is 0 Å². The maximum atomic E-state index is 13.0. The molecule has 0 amide bonds. The molecule has 1 N–H and O–H groups in total. The van der Waals surface area contributed by atoms with E-state index >= 15 is 0 Å². The minimum absolute atomic E-state index is 0.105. The monoisotopic (exact) mass is 273 g/mol. The van der Waals surface area contributed by atoms with E-state index in [0.717, 1.165) is 36.3 Å². The van der Waals surface area contributed by atoms with Crippen LogP contribution in [0.1, 0.15) is 36.3 Å². The molecule has 3 nitrogen and oxygen atoms in total. The van der Waals surface area contributed by atoms with Crippen molar-refractivity contribution in [3.05, 3.63) is 59.4 Å². The highest BCUT2D eigenvalue weighted by molar-refractivity contribution is 5.19. The molecule has 106 valence electrons. The normalized spacial score (nSPS) is 12.3. The molecule has 4 heteroatoms. The molecule has 1 heterocycles. The van der Waals surface area contributed by atoms with Crippen molar-refractivity contribution in [1.29, 1.82) is 0 Å². The second kappa shape index (κ2) is 7.10. The topological polar surface area (TPSA) is 37.8 Å².